The first-order valence-electron chi connectivity index (χ1n) is 4.15. The van der Waals surface area contributed by atoms with Crippen molar-refractivity contribution in [3.05, 3.63) is 0 Å². The highest BCUT2D eigenvalue weighted by atomic mass is 35.7. The van der Waals surface area contributed by atoms with Crippen molar-refractivity contribution in [3.63, 3.8) is 0 Å². The Kier molecular flexibility index (Phi) is 3.18. The molecule has 0 bridgehead atoms. The van der Waals surface area contributed by atoms with E-state index in [1.165, 1.54) is 6.92 Å². The zero-order chi connectivity index (χ0) is 10.1. The van der Waals surface area contributed by atoms with Gasteiger partial charge >= 0.3 is 0 Å². The van der Waals surface area contributed by atoms with Crippen molar-refractivity contribution in [1.29, 1.82) is 0 Å². The second kappa shape index (κ2) is 3.84. The number of hydrogen-bond donors (Lipinski definition) is 0. The van der Waals surface area contributed by atoms with Gasteiger partial charge in [0, 0.05) is 23.8 Å². The van der Waals surface area contributed by atoms with Crippen LogP contribution in [-0.4, -0.2) is 37.6 Å². The van der Waals surface area contributed by atoms with Gasteiger partial charge < -0.3 is 4.90 Å². The third-order valence-electron chi connectivity index (χ3n) is 2.19. The van der Waals surface area contributed by atoms with E-state index in [0.717, 1.165) is 12.8 Å². The van der Waals surface area contributed by atoms with Crippen LogP contribution >= 0.6 is 10.7 Å². The average Bonchev–Trinajstić information content (AvgIpc) is 2.51. The Morgan fingerprint density at radius 3 is 2.23 bits per heavy atom. The van der Waals surface area contributed by atoms with Gasteiger partial charge in [-0.15, -0.1) is 0 Å². The summed E-state index contributed by atoms with van der Waals surface area (Å²) in [6, 6.07) is 0. The molecule has 6 heteroatoms. The van der Waals surface area contributed by atoms with E-state index >= 15 is 0 Å². The molecule has 1 fully saturated rings. The van der Waals surface area contributed by atoms with Gasteiger partial charge in [0.15, 0.2) is 5.25 Å². The van der Waals surface area contributed by atoms with Crippen LogP contribution in [0, 0.1) is 0 Å². The summed E-state index contributed by atoms with van der Waals surface area (Å²) >= 11 is 0. The first-order valence-corrected chi connectivity index (χ1v) is 6.52. The zero-order valence-electron chi connectivity index (χ0n) is 7.36. The summed E-state index contributed by atoms with van der Waals surface area (Å²) in [5.74, 6) is -0.382. The van der Waals surface area contributed by atoms with Crippen LogP contribution in [0.25, 0.3) is 0 Å². The minimum Gasteiger partial charge on any atom is -0.342 e. The van der Waals surface area contributed by atoms with Crippen LogP contribution in [0.5, 0.6) is 0 Å². The maximum atomic E-state index is 11.5. The molecule has 1 heterocycles. The second-order valence-electron chi connectivity index (χ2n) is 3.15. The molecule has 0 aromatic rings. The Balaban J connectivity index is 2.67. The third kappa shape index (κ3) is 2.57. The van der Waals surface area contributed by atoms with Crippen LogP contribution in [0.4, 0.5) is 0 Å². The number of carbonyl (C=O) groups is 1. The molecule has 13 heavy (non-hydrogen) atoms. The van der Waals surface area contributed by atoms with Crippen LogP contribution in [-0.2, 0) is 13.8 Å². The van der Waals surface area contributed by atoms with Crippen LogP contribution < -0.4 is 0 Å². The van der Waals surface area contributed by atoms with E-state index in [1.54, 1.807) is 4.90 Å². The number of nitrogens with zero attached hydrogens (tertiary/aromatic N) is 1. The summed E-state index contributed by atoms with van der Waals surface area (Å²) in [6.45, 7) is 2.62. The van der Waals surface area contributed by atoms with Crippen LogP contribution in [0.3, 0.4) is 0 Å². The van der Waals surface area contributed by atoms with Gasteiger partial charge in [0.05, 0.1) is 0 Å². The maximum Gasteiger partial charge on any atom is 0.244 e. The highest BCUT2D eigenvalue weighted by Gasteiger charge is 2.31. The Labute approximate surface area is 82.3 Å². The Bertz CT molecular complexity index is 295. The summed E-state index contributed by atoms with van der Waals surface area (Å²) in [6.07, 6.45) is 1.89. The van der Waals surface area contributed by atoms with Gasteiger partial charge in [0.2, 0.25) is 15.0 Å². The molecular weight excluding hydrogens is 214 g/mol. The van der Waals surface area contributed by atoms with Crippen molar-refractivity contribution in [3.8, 4) is 0 Å². The average molecular weight is 226 g/mol. The lowest BCUT2D eigenvalue weighted by molar-refractivity contribution is -0.129. The number of likely N-dealkylation sites (tertiary alicyclic amines) is 1. The highest BCUT2D eigenvalue weighted by molar-refractivity contribution is 8.14. The first kappa shape index (κ1) is 10.8. The van der Waals surface area contributed by atoms with Crippen LogP contribution in [0.15, 0.2) is 0 Å². The molecule has 76 valence electrons. The van der Waals surface area contributed by atoms with E-state index in [1.807, 2.05) is 0 Å². The lowest BCUT2D eigenvalue weighted by Crippen LogP contribution is -2.38. The molecule has 0 aliphatic carbocycles. The smallest absolute Gasteiger partial charge is 0.244 e. The van der Waals surface area contributed by atoms with Crippen molar-refractivity contribution in [2.75, 3.05) is 13.1 Å². The molecule has 1 aliphatic rings. The molecule has 1 amide bonds. The normalized spacial score (nSPS) is 20.3. The van der Waals surface area contributed by atoms with Gasteiger partial charge in [-0.2, -0.15) is 0 Å². The van der Waals surface area contributed by atoms with E-state index in [4.69, 9.17) is 10.7 Å². The lowest BCUT2D eigenvalue weighted by Gasteiger charge is -2.17. The summed E-state index contributed by atoms with van der Waals surface area (Å²) in [5, 5.41) is -1.12. The molecule has 0 radical (unpaired) electrons. The largest absolute Gasteiger partial charge is 0.342 e. The summed E-state index contributed by atoms with van der Waals surface area (Å²) in [7, 11) is 1.32. The number of halogens is 1. The van der Waals surface area contributed by atoms with Gasteiger partial charge in [0.1, 0.15) is 0 Å². The summed E-state index contributed by atoms with van der Waals surface area (Å²) in [5.41, 5.74) is 0. The topological polar surface area (TPSA) is 54.5 Å². The predicted molar refractivity (Wildman–Crippen MR) is 50.0 cm³/mol. The molecular formula is C7H12ClNO3S. The van der Waals surface area contributed by atoms with Gasteiger partial charge in [0.25, 0.3) is 0 Å². The molecule has 0 N–H and O–H groups in total. The van der Waals surface area contributed by atoms with E-state index < -0.39 is 14.3 Å². The van der Waals surface area contributed by atoms with Crippen molar-refractivity contribution in [1.82, 2.24) is 4.90 Å². The highest BCUT2D eigenvalue weighted by Crippen LogP contribution is 2.14. The van der Waals surface area contributed by atoms with Gasteiger partial charge in [-0.25, -0.2) is 8.42 Å². The van der Waals surface area contributed by atoms with Gasteiger partial charge in [-0.05, 0) is 19.8 Å². The quantitative estimate of drug-likeness (QED) is 0.646. The predicted octanol–water partition coefficient (Wildman–Crippen LogP) is 0.566. The SMILES string of the molecule is CC(C(=O)N1CCCC1)S(=O)(=O)Cl. The monoisotopic (exact) mass is 225 g/mol. The fourth-order valence-corrected chi connectivity index (χ4v) is 1.93. The zero-order valence-corrected chi connectivity index (χ0v) is 8.94. The Morgan fingerprint density at radius 1 is 1.38 bits per heavy atom. The van der Waals surface area contributed by atoms with E-state index in [0.29, 0.717) is 13.1 Å². The number of carbonyl (C=O) groups excluding carboxylic acids is 1. The minimum atomic E-state index is -3.76. The molecule has 0 aromatic carbocycles. The third-order valence-corrected chi connectivity index (χ3v) is 4.04. The van der Waals surface area contributed by atoms with Gasteiger partial charge in [-0.3, -0.25) is 4.79 Å². The van der Waals surface area contributed by atoms with Crippen LogP contribution in [0.1, 0.15) is 19.8 Å². The van der Waals surface area contributed by atoms with E-state index in [2.05, 4.69) is 0 Å². The van der Waals surface area contributed by atoms with E-state index in [9.17, 15) is 13.2 Å². The molecule has 0 saturated carbocycles. The van der Waals surface area contributed by atoms with Crippen molar-refractivity contribution < 1.29 is 13.2 Å². The molecule has 1 saturated heterocycles. The number of hydrogen-bond acceptors (Lipinski definition) is 3. The molecule has 1 atom stereocenters. The summed E-state index contributed by atoms with van der Waals surface area (Å²) < 4.78 is 21.7. The van der Waals surface area contributed by atoms with Crippen LogP contribution in [0.2, 0.25) is 0 Å². The Morgan fingerprint density at radius 2 is 1.85 bits per heavy atom. The van der Waals surface area contributed by atoms with Crippen molar-refractivity contribution in [2.45, 2.75) is 25.0 Å². The first-order chi connectivity index (χ1) is 5.93. The molecule has 1 rings (SSSR count). The van der Waals surface area contributed by atoms with Crippen molar-refractivity contribution >= 4 is 25.6 Å². The van der Waals surface area contributed by atoms with E-state index in [-0.39, 0.29) is 5.91 Å². The minimum absolute atomic E-state index is 0.382. The van der Waals surface area contributed by atoms with Gasteiger partial charge in [-0.1, -0.05) is 0 Å². The molecule has 1 unspecified atom stereocenters. The van der Waals surface area contributed by atoms with Crippen molar-refractivity contribution in [2.24, 2.45) is 0 Å². The number of rotatable bonds is 2. The molecule has 0 spiro atoms. The summed E-state index contributed by atoms with van der Waals surface area (Å²) in [4.78, 5) is 13.0. The Hall–Kier alpha value is -0.290. The molecule has 1 aliphatic heterocycles. The standard InChI is InChI=1S/C7H12ClNO3S/c1-6(13(8,11)12)7(10)9-4-2-3-5-9/h6H,2-5H2,1H3. The fourth-order valence-electron chi connectivity index (χ4n) is 1.32. The molecule has 4 nitrogen and oxygen atoms in total. The number of amides is 1. The molecule has 0 aromatic heterocycles. The second-order valence-corrected chi connectivity index (χ2v) is 6.10. The lowest BCUT2D eigenvalue weighted by atomic mass is 10.4. The maximum absolute atomic E-state index is 11.5. The fraction of sp³-hybridized carbons (Fsp3) is 0.857.